The van der Waals surface area contributed by atoms with E-state index >= 15 is 0 Å². The van der Waals surface area contributed by atoms with Crippen LogP contribution in [0, 0.1) is 0 Å². The Morgan fingerprint density at radius 2 is 1.97 bits per heavy atom. The van der Waals surface area contributed by atoms with Crippen LogP contribution in [-0.2, 0) is 19.5 Å². The second-order valence-corrected chi connectivity index (χ2v) is 8.53. The number of rotatable bonds is 4. The van der Waals surface area contributed by atoms with E-state index in [0.29, 0.717) is 0 Å². The maximum Gasteiger partial charge on any atom is 0.187 e. The molecule has 0 aliphatic carbocycles. The van der Waals surface area contributed by atoms with Crippen molar-refractivity contribution >= 4 is 34.3 Å². The van der Waals surface area contributed by atoms with E-state index in [0.717, 1.165) is 47.3 Å². The zero-order valence-electron chi connectivity index (χ0n) is 16.2. The molecule has 0 radical (unpaired) electrons. The summed E-state index contributed by atoms with van der Waals surface area (Å²) in [7, 11) is 0. The minimum atomic E-state index is 0.753. The Bertz CT molecular complexity index is 1170. The van der Waals surface area contributed by atoms with E-state index in [4.69, 9.17) is 16.6 Å². The lowest BCUT2D eigenvalue weighted by molar-refractivity contribution is 0.243. The van der Waals surface area contributed by atoms with E-state index in [-0.39, 0.29) is 0 Å². The molecule has 0 unspecified atom stereocenters. The van der Waals surface area contributed by atoms with Gasteiger partial charge in [-0.15, -0.1) is 0 Å². The van der Waals surface area contributed by atoms with Crippen LogP contribution in [0.1, 0.15) is 16.8 Å². The molecular weight excluding hydrogens is 400 g/mol. The van der Waals surface area contributed by atoms with Gasteiger partial charge in [0.2, 0.25) is 0 Å². The molecule has 6 heteroatoms. The number of nitrogens with zero attached hydrogens (tertiary/aromatic N) is 3. The van der Waals surface area contributed by atoms with Crippen LogP contribution in [-0.4, -0.2) is 32.7 Å². The molecule has 0 fully saturated rings. The number of H-pyrrole nitrogens is 1. The van der Waals surface area contributed by atoms with Crippen LogP contribution >= 0.6 is 23.4 Å². The highest BCUT2D eigenvalue weighted by Gasteiger charge is 2.21. The SMILES string of the molecule is CSc1ncc2c(n1)CCN(Cc1c(-c3ccc(Cl)cc3)[nH]c3ccccc13)C2. The average Bonchev–Trinajstić information content (AvgIpc) is 3.12. The summed E-state index contributed by atoms with van der Waals surface area (Å²) in [6, 6.07) is 16.6. The van der Waals surface area contributed by atoms with Crippen LogP contribution in [0.2, 0.25) is 5.02 Å². The molecule has 146 valence electrons. The first kappa shape index (κ1) is 18.7. The molecule has 0 amide bonds. The van der Waals surface area contributed by atoms with Crippen molar-refractivity contribution in [2.24, 2.45) is 0 Å². The fourth-order valence-electron chi connectivity index (χ4n) is 4.04. The Balaban J connectivity index is 1.50. The first-order chi connectivity index (χ1) is 14.2. The summed E-state index contributed by atoms with van der Waals surface area (Å²) >= 11 is 7.71. The topological polar surface area (TPSA) is 44.8 Å². The largest absolute Gasteiger partial charge is 0.354 e. The number of halogens is 1. The number of aromatic amines is 1. The fraction of sp³-hybridized carbons (Fsp3) is 0.217. The Morgan fingerprint density at radius 1 is 1.14 bits per heavy atom. The lowest BCUT2D eigenvalue weighted by Gasteiger charge is -2.28. The lowest BCUT2D eigenvalue weighted by Crippen LogP contribution is -2.31. The molecule has 0 saturated heterocycles. The fourth-order valence-corrected chi connectivity index (χ4v) is 4.53. The molecular formula is C23H21ClN4S. The summed E-state index contributed by atoms with van der Waals surface area (Å²) in [5.41, 5.74) is 7.25. The Labute approximate surface area is 179 Å². The molecule has 0 atom stereocenters. The first-order valence-corrected chi connectivity index (χ1v) is 11.3. The number of hydrogen-bond donors (Lipinski definition) is 1. The number of thioether (sulfide) groups is 1. The minimum absolute atomic E-state index is 0.753. The van der Waals surface area contributed by atoms with Crippen molar-refractivity contribution in [2.75, 3.05) is 12.8 Å². The summed E-state index contributed by atoms with van der Waals surface area (Å²) in [4.78, 5) is 15.3. The van der Waals surface area contributed by atoms with Gasteiger partial charge in [-0.2, -0.15) is 0 Å². The highest BCUT2D eigenvalue weighted by molar-refractivity contribution is 7.98. The van der Waals surface area contributed by atoms with Gasteiger partial charge in [0, 0.05) is 53.7 Å². The van der Waals surface area contributed by atoms with Gasteiger partial charge in [-0.3, -0.25) is 4.90 Å². The predicted molar refractivity (Wildman–Crippen MR) is 120 cm³/mol. The lowest BCUT2D eigenvalue weighted by atomic mass is 10.0. The number of nitrogens with one attached hydrogen (secondary N) is 1. The summed E-state index contributed by atoms with van der Waals surface area (Å²) in [6.07, 6.45) is 4.98. The number of aromatic nitrogens is 3. The number of fused-ring (bicyclic) bond motifs is 2. The third-order valence-electron chi connectivity index (χ3n) is 5.50. The smallest absolute Gasteiger partial charge is 0.187 e. The molecule has 29 heavy (non-hydrogen) atoms. The van der Waals surface area contributed by atoms with Gasteiger partial charge in [0.1, 0.15) is 0 Å². The molecule has 4 nitrogen and oxygen atoms in total. The summed E-state index contributed by atoms with van der Waals surface area (Å²) in [5.74, 6) is 0. The van der Waals surface area contributed by atoms with Crippen molar-refractivity contribution in [1.82, 2.24) is 19.9 Å². The quantitative estimate of drug-likeness (QED) is 0.347. The van der Waals surface area contributed by atoms with Gasteiger partial charge in [0.15, 0.2) is 5.16 Å². The molecule has 2 aromatic heterocycles. The number of hydrogen-bond acceptors (Lipinski definition) is 4. The maximum atomic E-state index is 6.11. The second-order valence-electron chi connectivity index (χ2n) is 7.32. The molecule has 2 aromatic carbocycles. The van der Waals surface area contributed by atoms with E-state index < -0.39 is 0 Å². The van der Waals surface area contributed by atoms with Crippen LogP contribution in [0.5, 0.6) is 0 Å². The molecule has 0 spiro atoms. The van der Waals surface area contributed by atoms with Crippen molar-refractivity contribution in [1.29, 1.82) is 0 Å². The van der Waals surface area contributed by atoms with Gasteiger partial charge in [-0.25, -0.2) is 9.97 Å². The van der Waals surface area contributed by atoms with E-state index in [1.165, 1.54) is 27.9 Å². The van der Waals surface area contributed by atoms with Crippen LogP contribution < -0.4 is 0 Å². The van der Waals surface area contributed by atoms with Crippen molar-refractivity contribution in [3.05, 3.63) is 76.6 Å². The minimum Gasteiger partial charge on any atom is -0.354 e. The second kappa shape index (κ2) is 7.82. The summed E-state index contributed by atoms with van der Waals surface area (Å²) in [6.45, 7) is 2.76. The monoisotopic (exact) mass is 420 g/mol. The molecule has 0 bridgehead atoms. The van der Waals surface area contributed by atoms with E-state index in [9.17, 15) is 0 Å². The van der Waals surface area contributed by atoms with Crippen LogP contribution in [0.3, 0.4) is 0 Å². The molecule has 5 rings (SSSR count). The van der Waals surface area contributed by atoms with Gasteiger partial charge in [-0.1, -0.05) is 53.7 Å². The zero-order valence-corrected chi connectivity index (χ0v) is 17.7. The van der Waals surface area contributed by atoms with Gasteiger partial charge in [0.05, 0.1) is 11.4 Å². The first-order valence-electron chi connectivity index (χ1n) is 9.68. The van der Waals surface area contributed by atoms with Gasteiger partial charge in [-0.05, 0) is 35.6 Å². The van der Waals surface area contributed by atoms with Gasteiger partial charge < -0.3 is 4.98 Å². The molecule has 3 heterocycles. The molecule has 1 N–H and O–H groups in total. The maximum absolute atomic E-state index is 6.11. The third-order valence-corrected chi connectivity index (χ3v) is 6.32. The molecule has 0 saturated carbocycles. The predicted octanol–water partition coefficient (Wildman–Crippen LogP) is 5.56. The Kier molecular flexibility index (Phi) is 5.04. The number of para-hydroxylation sites is 1. The van der Waals surface area contributed by atoms with Crippen LogP contribution in [0.25, 0.3) is 22.2 Å². The Hall–Kier alpha value is -2.34. The van der Waals surface area contributed by atoms with E-state index in [1.54, 1.807) is 11.8 Å². The molecule has 4 aromatic rings. The summed E-state index contributed by atoms with van der Waals surface area (Å²) in [5, 5.41) is 2.89. The van der Waals surface area contributed by atoms with Gasteiger partial charge >= 0.3 is 0 Å². The van der Waals surface area contributed by atoms with E-state index in [1.807, 2.05) is 24.6 Å². The van der Waals surface area contributed by atoms with Gasteiger partial charge in [0.25, 0.3) is 0 Å². The Morgan fingerprint density at radius 3 is 2.79 bits per heavy atom. The molecule has 1 aliphatic heterocycles. The highest BCUT2D eigenvalue weighted by Crippen LogP contribution is 2.33. The van der Waals surface area contributed by atoms with Crippen molar-refractivity contribution in [3.63, 3.8) is 0 Å². The van der Waals surface area contributed by atoms with Crippen LogP contribution in [0.4, 0.5) is 0 Å². The summed E-state index contributed by atoms with van der Waals surface area (Å²) < 4.78 is 0. The van der Waals surface area contributed by atoms with Crippen molar-refractivity contribution in [3.8, 4) is 11.3 Å². The zero-order chi connectivity index (χ0) is 19.8. The average molecular weight is 421 g/mol. The molecule has 1 aliphatic rings. The number of benzene rings is 2. The van der Waals surface area contributed by atoms with Crippen LogP contribution in [0.15, 0.2) is 59.9 Å². The van der Waals surface area contributed by atoms with Crippen molar-refractivity contribution in [2.45, 2.75) is 24.7 Å². The normalized spacial score (nSPS) is 14.3. The third kappa shape index (κ3) is 3.66. The standard InChI is InChI=1S/C23H21ClN4S/c1-29-23-25-12-16-13-28(11-10-20(16)27-23)14-19-18-4-2-3-5-21(18)26-22(19)15-6-8-17(24)9-7-15/h2-9,12,26H,10-11,13-14H2,1H3. The highest BCUT2D eigenvalue weighted by atomic mass is 35.5. The van der Waals surface area contributed by atoms with E-state index in [2.05, 4.69) is 51.3 Å². The van der Waals surface area contributed by atoms with Crippen molar-refractivity contribution < 1.29 is 0 Å².